The normalized spacial score (nSPS) is 27.6. The summed E-state index contributed by atoms with van der Waals surface area (Å²) in [6.45, 7) is 22.7. The maximum absolute atomic E-state index is 14.2. The number of hydrazine groups is 2. The van der Waals surface area contributed by atoms with Crippen molar-refractivity contribution in [3.63, 3.8) is 0 Å². The number of hydrogen-bond acceptors (Lipinski definition) is 40. The summed E-state index contributed by atoms with van der Waals surface area (Å²) in [5.41, 5.74) is 11.0. The van der Waals surface area contributed by atoms with E-state index in [1.807, 2.05) is 71.9 Å². The van der Waals surface area contributed by atoms with E-state index < -0.39 is 94.9 Å². The van der Waals surface area contributed by atoms with Crippen LogP contribution in [0.1, 0.15) is 98.8 Å². The number of aromatic nitrogens is 3. The topological polar surface area (TPSA) is 516 Å². The van der Waals surface area contributed by atoms with Crippen LogP contribution in [-0.2, 0) is 167 Å². The largest absolute Gasteiger partial charge is 0.445 e. The van der Waals surface area contributed by atoms with Crippen LogP contribution < -0.4 is 44.4 Å². The molecule has 0 radical (unpaired) electrons. The van der Waals surface area contributed by atoms with E-state index in [4.69, 9.17) is 156 Å². The minimum Gasteiger partial charge on any atom is -0.445 e. The van der Waals surface area contributed by atoms with Crippen LogP contribution in [0, 0.1) is 0 Å². The van der Waals surface area contributed by atoms with Gasteiger partial charge in [0, 0.05) is 45.6 Å². The molecule has 45 nitrogen and oxygen atoms in total. The smallest absolute Gasteiger partial charge is 0.407 e. The van der Waals surface area contributed by atoms with E-state index in [0.29, 0.717) is 163 Å². The second kappa shape index (κ2) is 52.0. The summed E-state index contributed by atoms with van der Waals surface area (Å²) in [5.74, 6) is 9.49. The molecule has 9 aliphatic heterocycles. The second-order valence-electron chi connectivity index (χ2n) is 34.6. The van der Waals surface area contributed by atoms with Gasteiger partial charge < -0.3 is 175 Å². The highest BCUT2D eigenvalue weighted by molar-refractivity contribution is 5.77. The highest BCUT2D eigenvalue weighted by atomic mass is 16.8. The van der Waals surface area contributed by atoms with Gasteiger partial charge in [0.2, 0.25) is 17.7 Å². The van der Waals surface area contributed by atoms with Crippen molar-refractivity contribution >= 4 is 23.8 Å². The number of carbonyl (C=O) groups is 4. The molecule has 738 valence electrons. The number of ether oxygens (including phenoxy) is 28. The molecular formula is C85H141N13O32. The number of nitrogens with one attached hydrogen (secondary N) is 4. The Morgan fingerprint density at radius 2 is 0.938 bits per heavy atom. The third-order valence-electron chi connectivity index (χ3n) is 22.0. The van der Waals surface area contributed by atoms with Crippen molar-refractivity contribution in [3.8, 4) is 0 Å². The standard InChI is InChI=1S/C85H141N13O32/c1-60(99)91-69-71-74(127-80(5,6)124-71)84(58-120-76(69)129-84)55-113-41-38-110-35-32-107-29-26-104-23-20-97(89)45-64(87)49-116-52-82(93-67(101)17-13-10-14-18-90-78(102)118-47-62-15-11-9-12-16-62,51-115-48-63(86)44-96(88)19-22-103-25-28-106-31-34-109-37-40-112-54-83-57-119-68(123-83)43-66-73(83)126-79(3,4)122-66)53-117-50-65-46-98(95-94-65)21-24-105-27-30-108-33-36-111-39-42-114-56-85-59-121-77(130-85)70(92-61(2)100)72-75(85)128-81(7,8)125-72/h9,11-12,15-16,44-46,66,68-77H,10,13-14,17-43,47-59,86-89H2,1-8H3,(H,90,102)(H,91,99)(H,92,100)(H,93,101)/b63-44-,64-45-/t66-,68+,69-,70-,71-,72-,73-,74-,75-,76+,77+,82?,83+,84+,85+/m1/s1. The van der Waals surface area contributed by atoms with Crippen LogP contribution in [0.5, 0.6) is 0 Å². The second-order valence-corrected chi connectivity index (χ2v) is 34.6. The molecular weight excluding hydrogens is 1710 g/mol. The van der Waals surface area contributed by atoms with E-state index >= 15 is 0 Å². The Kier molecular flexibility index (Phi) is 41.6. The van der Waals surface area contributed by atoms with Crippen LogP contribution in [-0.4, -0.2) is 387 Å². The van der Waals surface area contributed by atoms with E-state index in [-0.39, 0.29) is 173 Å². The van der Waals surface area contributed by atoms with Crippen LogP contribution in [0.4, 0.5) is 4.79 Å². The van der Waals surface area contributed by atoms with E-state index in [9.17, 15) is 19.2 Å². The van der Waals surface area contributed by atoms with E-state index in [0.717, 1.165) is 5.56 Å². The van der Waals surface area contributed by atoms with Crippen molar-refractivity contribution in [2.45, 2.75) is 215 Å². The summed E-state index contributed by atoms with van der Waals surface area (Å²) in [7, 11) is 0. The fraction of sp³-hybridized carbons (Fsp3) is 0.812. The maximum Gasteiger partial charge on any atom is 0.407 e. The fourth-order valence-electron chi connectivity index (χ4n) is 16.2. The molecule has 1 unspecified atom stereocenters. The average molecular weight is 1860 g/mol. The molecule has 10 heterocycles. The first-order chi connectivity index (χ1) is 62.6. The molecule has 45 heteroatoms. The minimum absolute atomic E-state index is 0.0288. The Bertz CT molecular complexity index is 3750. The lowest BCUT2D eigenvalue weighted by molar-refractivity contribution is -0.214. The third-order valence-corrected chi connectivity index (χ3v) is 22.0. The highest BCUT2D eigenvalue weighted by Crippen LogP contribution is 2.49. The van der Waals surface area contributed by atoms with Gasteiger partial charge in [-0.3, -0.25) is 14.4 Å². The number of carbonyl (C=O) groups excluding carboxylic acids is 4. The van der Waals surface area contributed by atoms with E-state index in [1.165, 1.54) is 36.3 Å². The van der Waals surface area contributed by atoms with Gasteiger partial charge in [0.25, 0.3) is 0 Å². The van der Waals surface area contributed by atoms with Gasteiger partial charge in [-0.2, -0.15) is 0 Å². The van der Waals surface area contributed by atoms with Gasteiger partial charge in [-0.15, -0.1) is 5.10 Å². The first-order valence-electron chi connectivity index (χ1n) is 44.9. The van der Waals surface area contributed by atoms with Gasteiger partial charge in [-0.05, 0) is 59.9 Å². The van der Waals surface area contributed by atoms with Crippen LogP contribution in [0.3, 0.4) is 0 Å². The Morgan fingerprint density at radius 1 is 0.500 bits per heavy atom. The molecule has 12 N–H and O–H groups in total. The molecule has 9 fully saturated rings. The number of benzene rings is 1. The number of fused-ring (bicyclic) bond motifs is 12. The molecule has 11 rings (SSSR count). The Morgan fingerprint density at radius 3 is 1.43 bits per heavy atom. The summed E-state index contributed by atoms with van der Waals surface area (Å²) < 4.78 is 169. The summed E-state index contributed by atoms with van der Waals surface area (Å²) in [6, 6.07) is 8.32. The van der Waals surface area contributed by atoms with Crippen molar-refractivity contribution in [1.82, 2.24) is 46.3 Å². The molecule has 0 aliphatic carbocycles. The molecule has 0 spiro atoms. The van der Waals surface area contributed by atoms with Gasteiger partial charge in [0.1, 0.15) is 77.2 Å². The van der Waals surface area contributed by atoms with E-state index in [2.05, 4.69) is 31.6 Å². The lowest BCUT2D eigenvalue weighted by Gasteiger charge is -2.42. The number of nitrogens with zero attached hydrogens (tertiary/aromatic N) is 5. The minimum atomic E-state index is -1.37. The Hall–Kier alpha value is -6.44. The first-order valence-corrected chi connectivity index (χ1v) is 44.9. The summed E-state index contributed by atoms with van der Waals surface area (Å²) >= 11 is 0. The molecule has 9 aliphatic rings. The van der Waals surface area contributed by atoms with Gasteiger partial charge in [0.15, 0.2) is 36.2 Å². The molecule has 4 amide bonds. The van der Waals surface area contributed by atoms with Crippen molar-refractivity contribution in [3.05, 3.63) is 71.6 Å². The van der Waals surface area contributed by atoms with Crippen molar-refractivity contribution in [2.75, 3.05) is 231 Å². The number of nitrogens with two attached hydrogens (primary N) is 4. The predicted molar refractivity (Wildman–Crippen MR) is 453 cm³/mol. The van der Waals surface area contributed by atoms with Crippen LogP contribution in [0.15, 0.2) is 60.3 Å². The van der Waals surface area contributed by atoms with Gasteiger partial charge >= 0.3 is 6.09 Å². The van der Waals surface area contributed by atoms with Gasteiger partial charge in [-0.25, -0.2) is 21.2 Å². The zero-order chi connectivity index (χ0) is 92.3. The quantitative estimate of drug-likeness (QED) is 0.0238. The van der Waals surface area contributed by atoms with Crippen LogP contribution >= 0.6 is 0 Å². The Labute approximate surface area is 759 Å². The lowest BCUT2D eigenvalue weighted by Crippen LogP contribution is -2.65. The first kappa shape index (κ1) is 104. The molecule has 1 aromatic carbocycles. The summed E-state index contributed by atoms with van der Waals surface area (Å²) in [4.78, 5) is 50.7. The number of hydrogen-bond donors (Lipinski definition) is 8. The molecule has 9 saturated heterocycles. The highest BCUT2D eigenvalue weighted by Gasteiger charge is 2.68. The predicted octanol–water partition coefficient (Wildman–Crippen LogP) is -0.344. The average Bonchev–Trinajstić information content (AvgIpc) is 1.57. The fourth-order valence-corrected chi connectivity index (χ4v) is 16.2. The molecule has 6 bridgehead atoms. The summed E-state index contributed by atoms with van der Waals surface area (Å²) in [6.07, 6.45) is 2.50. The van der Waals surface area contributed by atoms with Crippen molar-refractivity contribution in [2.24, 2.45) is 23.2 Å². The molecule has 0 saturated carbocycles. The zero-order valence-corrected chi connectivity index (χ0v) is 76.5. The number of alkyl carbamates (subject to hydrolysis) is 1. The monoisotopic (exact) mass is 1860 g/mol. The SMILES string of the molecule is CC(=O)N[C@H]1[C@H]2OC[C@](COCCOCCOCCOCCN(N)/C=C(\N)COCC(COC/C(N)=C/N(N)CCOCCOCCOCCOC[C@]34CO[C@H](C[C@H]5OC(C)(C)O[C@H]53)O4)(COCc3cn(CCOCCOCCOCCOC[C@@]45CO[C@@H](O4)[C@H](NC(C)=O)[C@H]4OC(C)(C)O[C@H]45)nn3)NC(=O)CCCCCNC(=O)OCc3ccccc3)(O2)[C@@H]2OC(C)(C)O[C@H]12. The van der Waals surface area contributed by atoms with Crippen molar-refractivity contribution in [1.29, 1.82) is 0 Å². The van der Waals surface area contributed by atoms with Gasteiger partial charge in [0.05, 0.1) is 261 Å². The van der Waals surface area contributed by atoms with E-state index in [1.54, 1.807) is 10.9 Å². The third kappa shape index (κ3) is 33.2. The summed E-state index contributed by atoms with van der Waals surface area (Å²) in [5, 5.41) is 23.1. The molecule has 2 aromatic rings. The zero-order valence-electron chi connectivity index (χ0n) is 76.5. The molecule has 1 aromatic heterocycles. The number of amides is 4. The molecule has 130 heavy (non-hydrogen) atoms. The number of unbranched alkanes of at least 4 members (excludes halogenated alkanes) is 2. The van der Waals surface area contributed by atoms with Crippen LogP contribution in [0.2, 0.25) is 0 Å². The van der Waals surface area contributed by atoms with Gasteiger partial charge in [-0.1, -0.05) is 42.0 Å². The maximum atomic E-state index is 14.2. The number of rotatable bonds is 67. The Balaban J connectivity index is 0.599. The van der Waals surface area contributed by atoms with Crippen LogP contribution in [0.25, 0.3) is 0 Å². The van der Waals surface area contributed by atoms with Crippen molar-refractivity contribution < 1.29 is 152 Å². The molecule has 15 atom stereocenters. The lowest BCUT2D eigenvalue weighted by atomic mass is 9.88.